The van der Waals surface area contributed by atoms with Crippen LogP contribution in [0.15, 0.2) is 0 Å². The van der Waals surface area contributed by atoms with E-state index in [1.165, 1.54) is 0 Å². The molecule has 0 saturated carbocycles. The molecule has 1 saturated heterocycles. The van der Waals surface area contributed by atoms with Gasteiger partial charge >= 0.3 is 0 Å². The van der Waals surface area contributed by atoms with Crippen LogP contribution in [0.4, 0.5) is 0 Å². The lowest BCUT2D eigenvalue weighted by Crippen LogP contribution is -2.48. The predicted octanol–water partition coefficient (Wildman–Crippen LogP) is -0.202. The number of hydrogen-bond donors (Lipinski definition) is 2. The summed E-state index contributed by atoms with van der Waals surface area (Å²) in [5.41, 5.74) is 0. The number of aliphatic hydroxyl groups excluding tert-OH is 1. The number of hydrogen-bond acceptors (Lipinski definition) is 3. The zero-order valence-corrected chi connectivity index (χ0v) is 8.84. The van der Waals surface area contributed by atoms with Crippen LogP contribution >= 0.6 is 0 Å². The minimum absolute atomic E-state index is 0.0640. The van der Waals surface area contributed by atoms with Crippen LogP contribution in [-0.4, -0.2) is 39.9 Å². The largest absolute Gasteiger partial charge is 0.391 e. The second-order valence-electron chi connectivity index (χ2n) is 3.50. The van der Waals surface area contributed by atoms with Gasteiger partial charge in [-0.2, -0.15) is 0 Å². The van der Waals surface area contributed by atoms with E-state index < -0.39 is 17.1 Å². The molecule has 1 aliphatic heterocycles. The Morgan fingerprint density at radius 3 is 2.85 bits per heavy atom. The molecule has 1 heterocycles. The van der Waals surface area contributed by atoms with Crippen LogP contribution in [0.1, 0.15) is 20.3 Å². The Morgan fingerprint density at radius 2 is 2.31 bits per heavy atom. The highest BCUT2D eigenvalue weighted by Crippen LogP contribution is 2.08. The first kappa shape index (κ1) is 11.1. The summed E-state index contributed by atoms with van der Waals surface area (Å²) < 4.78 is 19.4. The van der Waals surface area contributed by atoms with Gasteiger partial charge in [-0.25, -0.2) is 8.93 Å². The maximum absolute atomic E-state index is 11.4. The van der Waals surface area contributed by atoms with E-state index in [2.05, 4.69) is 4.72 Å². The number of ether oxygens (including phenoxy) is 1. The van der Waals surface area contributed by atoms with Crippen molar-refractivity contribution in [3.8, 4) is 0 Å². The Hall–Kier alpha value is 0.0300. The fourth-order valence-corrected chi connectivity index (χ4v) is 1.92. The molecule has 4 nitrogen and oxygen atoms in total. The highest BCUT2D eigenvalue weighted by atomic mass is 32.2. The summed E-state index contributed by atoms with van der Waals surface area (Å²) in [4.78, 5) is 0. The standard InChI is InChI=1S/C8H17NO3S/c1-6(2)13(11)9-7-5-12-4-3-8(7)10/h6-10H,3-5H2,1-2H3. The second kappa shape index (κ2) is 5.05. The minimum Gasteiger partial charge on any atom is -0.391 e. The van der Waals surface area contributed by atoms with Crippen molar-refractivity contribution in [3.05, 3.63) is 0 Å². The van der Waals surface area contributed by atoms with Gasteiger partial charge in [0.2, 0.25) is 0 Å². The molecular formula is C8H17NO3S. The molecule has 5 heteroatoms. The van der Waals surface area contributed by atoms with E-state index in [4.69, 9.17) is 4.74 Å². The maximum Gasteiger partial charge on any atom is 0.0945 e. The number of nitrogens with one attached hydrogen (secondary N) is 1. The van der Waals surface area contributed by atoms with Gasteiger partial charge in [-0.3, -0.25) is 0 Å². The van der Waals surface area contributed by atoms with E-state index in [1.54, 1.807) is 0 Å². The lowest BCUT2D eigenvalue weighted by atomic mass is 10.1. The third kappa shape index (κ3) is 3.34. The van der Waals surface area contributed by atoms with Crippen molar-refractivity contribution in [2.24, 2.45) is 0 Å². The third-order valence-electron chi connectivity index (χ3n) is 2.02. The first-order chi connectivity index (χ1) is 6.11. The molecule has 0 aliphatic carbocycles. The van der Waals surface area contributed by atoms with Gasteiger partial charge in [-0.15, -0.1) is 0 Å². The minimum atomic E-state index is -1.08. The van der Waals surface area contributed by atoms with Crippen molar-refractivity contribution in [2.45, 2.75) is 37.7 Å². The van der Waals surface area contributed by atoms with Crippen molar-refractivity contribution in [3.63, 3.8) is 0 Å². The monoisotopic (exact) mass is 207 g/mol. The SMILES string of the molecule is CC(C)S(=O)NC1COCCC1O. The van der Waals surface area contributed by atoms with Gasteiger partial charge in [0.1, 0.15) is 0 Å². The molecule has 2 N–H and O–H groups in total. The summed E-state index contributed by atoms with van der Waals surface area (Å²) >= 11 is 0. The topological polar surface area (TPSA) is 58.6 Å². The van der Waals surface area contributed by atoms with Crippen LogP contribution < -0.4 is 4.72 Å². The zero-order valence-electron chi connectivity index (χ0n) is 8.03. The molecular weight excluding hydrogens is 190 g/mol. The number of aliphatic hydroxyl groups is 1. The Balaban J connectivity index is 2.38. The Kier molecular flexibility index (Phi) is 4.31. The lowest BCUT2D eigenvalue weighted by Gasteiger charge is -2.28. The fourth-order valence-electron chi connectivity index (χ4n) is 1.12. The van der Waals surface area contributed by atoms with Crippen molar-refractivity contribution in [1.82, 2.24) is 4.72 Å². The summed E-state index contributed by atoms with van der Waals surface area (Å²) in [5.74, 6) is 0. The fraction of sp³-hybridized carbons (Fsp3) is 1.00. The molecule has 1 rings (SSSR count). The van der Waals surface area contributed by atoms with E-state index >= 15 is 0 Å². The molecule has 1 aliphatic rings. The van der Waals surface area contributed by atoms with E-state index in [0.29, 0.717) is 19.6 Å². The highest BCUT2D eigenvalue weighted by molar-refractivity contribution is 7.83. The first-order valence-electron chi connectivity index (χ1n) is 4.54. The van der Waals surface area contributed by atoms with Crippen LogP contribution in [0.3, 0.4) is 0 Å². The summed E-state index contributed by atoms with van der Waals surface area (Å²) in [7, 11) is -1.08. The molecule has 0 aromatic carbocycles. The molecule has 0 spiro atoms. The third-order valence-corrected chi connectivity index (χ3v) is 3.41. The van der Waals surface area contributed by atoms with Crippen molar-refractivity contribution >= 4 is 11.0 Å². The summed E-state index contributed by atoms with van der Waals surface area (Å²) in [6, 6.07) is -0.183. The van der Waals surface area contributed by atoms with Crippen molar-refractivity contribution in [2.75, 3.05) is 13.2 Å². The van der Waals surface area contributed by atoms with E-state index in [1.807, 2.05) is 13.8 Å². The average molecular weight is 207 g/mol. The lowest BCUT2D eigenvalue weighted by molar-refractivity contribution is -0.00802. The van der Waals surface area contributed by atoms with Crippen LogP contribution in [-0.2, 0) is 15.7 Å². The molecule has 0 aromatic heterocycles. The van der Waals surface area contributed by atoms with E-state index in [9.17, 15) is 9.32 Å². The zero-order chi connectivity index (χ0) is 9.84. The predicted molar refractivity (Wildman–Crippen MR) is 51.6 cm³/mol. The summed E-state index contributed by atoms with van der Waals surface area (Å²) in [6.45, 7) is 4.78. The van der Waals surface area contributed by atoms with Gasteiger partial charge in [0.15, 0.2) is 0 Å². The molecule has 0 aromatic rings. The van der Waals surface area contributed by atoms with Crippen LogP contribution in [0.5, 0.6) is 0 Å². The molecule has 3 atom stereocenters. The van der Waals surface area contributed by atoms with Crippen LogP contribution in [0, 0.1) is 0 Å². The Labute approximate surface area is 81.3 Å². The van der Waals surface area contributed by atoms with E-state index in [0.717, 1.165) is 0 Å². The molecule has 13 heavy (non-hydrogen) atoms. The Bertz CT molecular complexity index is 186. The van der Waals surface area contributed by atoms with Crippen molar-refractivity contribution < 1.29 is 14.1 Å². The smallest absolute Gasteiger partial charge is 0.0945 e. The molecule has 0 bridgehead atoms. The molecule has 3 unspecified atom stereocenters. The number of rotatable bonds is 3. The molecule has 0 amide bonds. The van der Waals surface area contributed by atoms with Crippen LogP contribution in [0.2, 0.25) is 0 Å². The van der Waals surface area contributed by atoms with Crippen molar-refractivity contribution in [1.29, 1.82) is 0 Å². The Morgan fingerprint density at radius 1 is 1.62 bits per heavy atom. The molecule has 78 valence electrons. The maximum atomic E-state index is 11.4. The van der Waals surface area contributed by atoms with Crippen LogP contribution in [0.25, 0.3) is 0 Å². The normalized spacial score (nSPS) is 32.0. The van der Waals surface area contributed by atoms with Gasteiger partial charge in [-0.1, -0.05) is 0 Å². The molecule has 0 radical (unpaired) electrons. The van der Waals surface area contributed by atoms with Gasteiger partial charge in [0.05, 0.1) is 29.7 Å². The molecule has 1 fully saturated rings. The van der Waals surface area contributed by atoms with E-state index in [-0.39, 0.29) is 11.3 Å². The average Bonchev–Trinajstić information content (AvgIpc) is 2.08. The first-order valence-corrected chi connectivity index (χ1v) is 5.75. The van der Waals surface area contributed by atoms with Gasteiger partial charge in [0, 0.05) is 11.9 Å². The quantitative estimate of drug-likeness (QED) is 0.673. The highest BCUT2D eigenvalue weighted by Gasteiger charge is 2.25. The summed E-state index contributed by atoms with van der Waals surface area (Å²) in [5, 5.41) is 9.59. The van der Waals surface area contributed by atoms with Gasteiger partial charge in [-0.05, 0) is 20.3 Å². The second-order valence-corrected chi connectivity index (χ2v) is 5.27. The van der Waals surface area contributed by atoms with Gasteiger partial charge < -0.3 is 9.84 Å². The summed E-state index contributed by atoms with van der Waals surface area (Å²) in [6.07, 6.45) is 0.184. The van der Waals surface area contributed by atoms with Gasteiger partial charge in [0.25, 0.3) is 0 Å².